The number of nitrogens with two attached hydrogens (primary N) is 1. The molecule has 186 valence electrons. The Kier molecular flexibility index (Phi) is 6.32. The Morgan fingerprint density at radius 3 is 2.17 bits per heavy atom. The second-order valence-corrected chi connectivity index (χ2v) is 8.39. The maximum atomic E-state index is 14.4. The number of hydroxylamine groups is 1. The van der Waals surface area contributed by atoms with E-state index in [1.807, 2.05) is 0 Å². The molecule has 10 heteroatoms. The number of carbonyl (C=O) groups excluding carboxylic acids is 2. The van der Waals surface area contributed by atoms with Gasteiger partial charge in [0.1, 0.15) is 5.82 Å². The number of carbonyl (C=O) groups is 2. The van der Waals surface area contributed by atoms with Crippen LogP contribution in [0.15, 0.2) is 66.7 Å². The van der Waals surface area contributed by atoms with Crippen LogP contribution in [0.1, 0.15) is 43.0 Å². The minimum atomic E-state index is -4.85. The molecule has 2 amide bonds. The van der Waals surface area contributed by atoms with Gasteiger partial charge in [-0.25, -0.2) is 4.39 Å². The molecule has 0 bridgehead atoms. The highest BCUT2D eigenvalue weighted by Gasteiger charge is 2.59. The van der Waals surface area contributed by atoms with Gasteiger partial charge in [0.2, 0.25) is 11.5 Å². The molecule has 0 saturated carbocycles. The molecule has 3 aromatic carbocycles. The SMILES string of the molecule is Cc1cc(C2(C(F)(F)F)C=C(c3ccc(F)cc3)NO2)cc(C)c1NC(=O)c1cccc(C(N)=O)c1. The standard InChI is InChI=1S/C26H21F4N3O3/c1-14-10-19(11-15(2)22(14)32-24(35)18-5-3-4-17(12-18)23(31)34)25(26(28,29)30)13-21(33-36-25)16-6-8-20(27)9-7-16/h3-13,33H,1-2H3,(H2,31,34)(H,32,35). The van der Waals surface area contributed by atoms with Gasteiger partial charge in [-0.15, -0.1) is 0 Å². The summed E-state index contributed by atoms with van der Waals surface area (Å²) in [7, 11) is 0. The van der Waals surface area contributed by atoms with E-state index in [0.717, 1.165) is 18.2 Å². The van der Waals surface area contributed by atoms with Gasteiger partial charge >= 0.3 is 6.18 Å². The quantitative estimate of drug-likeness (QED) is 0.425. The van der Waals surface area contributed by atoms with E-state index < -0.39 is 29.4 Å². The van der Waals surface area contributed by atoms with Crippen LogP contribution < -0.4 is 16.5 Å². The molecule has 3 aromatic rings. The minimum absolute atomic E-state index is 0.0364. The van der Waals surface area contributed by atoms with Crippen LogP contribution in [-0.4, -0.2) is 18.0 Å². The van der Waals surface area contributed by atoms with Gasteiger partial charge in [-0.3, -0.25) is 19.9 Å². The lowest BCUT2D eigenvalue weighted by atomic mass is 9.88. The molecule has 6 nitrogen and oxygen atoms in total. The lowest BCUT2D eigenvalue weighted by Crippen LogP contribution is -2.42. The average Bonchev–Trinajstić information content (AvgIpc) is 3.29. The van der Waals surface area contributed by atoms with Gasteiger partial charge in [-0.05, 0) is 79.1 Å². The molecule has 1 atom stereocenters. The van der Waals surface area contributed by atoms with Crippen molar-refractivity contribution in [2.24, 2.45) is 5.73 Å². The Bertz CT molecular complexity index is 1360. The Balaban J connectivity index is 1.70. The number of primary amides is 1. The molecule has 1 aliphatic heterocycles. The fourth-order valence-corrected chi connectivity index (χ4v) is 3.99. The van der Waals surface area contributed by atoms with Gasteiger partial charge in [0.25, 0.3) is 5.91 Å². The van der Waals surface area contributed by atoms with E-state index in [-0.39, 0.29) is 22.4 Å². The van der Waals surface area contributed by atoms with Crippen LogP contribution >= 0.6 is 0 Å². The molecular weight excluding hydrogens is 478 g/mol. The minimum Gasteiger partial charge on any atom is -0.366 e. The molecule has 4 N–H and O–H groups in total. The van der Waals surface area contributed by atoms with E-state index in [9.17, 15) is 27.2 Å². The summed E-state index contributed by atoms with van der Waals surface area (Å²) < 4.78 is 56.4. The third-order valence-electron chi connectivity index (χ3n) is 5.86. The molecule has 0 aromatic heterocycles. The van der Waals surface area contributed by atoms with Crippen LogP contribution in [0.3, 0.4) is 0 Å². The first kappa shape index (κ1) is 24.9. The Morgan fingerprint density at radius 1 is 0.972 bits per heavy atom. The maximum Gasteiger partial charge on any atom is 0.428 e. The van der Waals surface area contributed by atoms with Crippen LogP contribution in [0.5, 0.6) is 0 Å². The van der Waals surface area contributed by atoms with Crippen molar-refractivity contribution < 1.29 is 32.0 Å². The van der Waals surface area contributed by atoms with Crippen LogP contribution in [0.25, 0.3) is 5.70 Å². The van der Waals surface area contributed by atoms with Gasteiger partial charge in [0, 0.05) is 22.4 Å². The Morgan fingerprint density at radius 2 is 1.58 bits per heavy atom. The maximum absolute atomic E-state index is 14.4. The second-order valence-electron chi connectivity index (χ2n) is 8.39. The fraction of sp³-hybridized carbons (Fsp3) is 0.154. The van der Waals surface area contributed by atoms with Crippen molar-refractivity contribution in [3.05, 3.63) is 106 Å². The van der Waals surface area contributed by atoms with Crippen molar-refractivity contribution in [2.75, 3.05) is 5.32 Å². The zero-order chi connectivity index (χ0) is 26.3. The van der Waals surface area contributed by atoms with Crippen molar-refractivity contribution in [3.63, 3.8) is 0 Å². The molecule has 0 saturated heterocycles. The van der Waals surface area contributed by atoms with Gasteiger partial charge < -0.3 is 11.1 Å². The number of halogens is 4. The van der Waals surface area contributed by atoms with E-state index in [4.69, 9.17) is 10.6 Å². The van der Waals surface area contributed by atoms with Crippen molar-refractivity contribution in [2.45, 2.75) is 25.6 Å². The Hall–Kier alpha value is -4.18. The van der Waals surface area contributed by atoms with E-state index in [1.54, 1.807) is 13.8 Å². The number of aryl methyl sites for hydroxylation is 2. The number of rotatable bonds is 5. The van der Waals surface area contributed by atoms with Crippen LogP contribution in [-0.2, 0) is 10.4 Å². The topological polar surface area (TPSA) is 93.4 Å². The number of benzene rings is 3. The van der Waals surface area contributed by atoms with Crippen LogP contribution in [0.4, 0.5) is 23.2 Å². The van der Waals surface area contributed by atoms with Gasteiger partial charge in [0.05, 0.1) is 5.70 Å². The number of hydrogen-bond donors (Lipinski definition) is 3. The first-order chi connectivity index (χ1) is 16.9. The normalized spacial score (nSPS) is 17.3. The van der Waals surface area contributed by atoms with Crippen molar-refractivity contribution in [1.82, 2.24) is 5.48 Å². The van der Waals surface area contributed by atoms with Crippen molar-refractivity contribution in [1.29, 1.82) is 0 Å². The summed E-state index contributed by atoms with van der Waals surface area (Å²) in [4.78, 5) is 29.3. The Labute approximate surface area is 203 Å². The monoisotopic (exact) mass is 499 g/mol. The summed E-state index contributed by atoms with van der Waals surface area (Å²) in [6, 6.07) is 13.3. The predicted molar refractivity (Wildman–Crippen MR) is 125 cm³/mol. The van der Waals surface area contributed by atoms with Crippen molar-refractivity contribution in [3.8, 4) is 0 Å². The summed E-state index contributed by atoms with van der Waals surface area (Å²) in [6.45, 7) is 3.12. The second kappa shape index (κ2) is 9.12. The van der Waals surface area contributed by atoms with Crippen LogP contribution in [0.2, 0.25) is 0 Å². The zero-order valence-electron chi connectivity index (χ0n) is 19.2. The van der Waals surface area contributed by atoms with E-state index in [1.165, 1.54) is 48.5 Å². The fourth-order valence-electron chi connectivity index (χ4n) is 3.99. The summed E-state index contributed by atoms with van der Waals surface area (Å²) in [5.41, 5.74) is 6.27. The summed E-state index contributed by atoms with van der Waals surface area (Å²) in [5, 5.41) is 2.69. The summed E-state index contributed by atoms with van der Waals surface area (Å²) in [6.07, 6.45) is -3.94. The summed E-state index contributed by atoms with van der Waals surface area (Å²) >= 11 is 0. The molecular formula is C26H21F4N3O3. The first-order valence-corrected chi connectivity index (χ1v) is 10.7. The number of amides is 2. The van der Waals surface area contributed by atoms with Crippen LogP contribution in [0, 0.1) is 19.7 Å². The number of nitrogens with one attached hydrogen (secondary N) is 2. The summed E-state index contributed by atoms with van der Waals surface area (Å²) in [5.74, 6) is -1.78. The van der Waals surface area contributed by atoms with Crippen molar-refractivity contribution >= 4 is 23.2 Å². The van der Waals surface area contributed by atoms with Gasteiger partial charge in [-0.1, -0.05) is 18.2 Å². The lowest BCUT2D eigenvalue weighted by Gasteiger charge is -2.29. The first-order valence-electron chi connectivity index (χ1n) is 10.7. The van der Waals surface area contributed by atoms with E-state index >= 15 is 0 Å². The molecule has 0 aliphatic carbocycles. The molecule has 1 unspecified atom stereocenters. The zero-order valence-corrected chi connectivity index (χ0v) is 19.2. The number of anilines is 1. The molecule has 1 heterocycles. The lowest BCUT2D eigenvalue weighted by molar-refractivity contribution is -0.269. The molecule has 0 fully saturated rings. The highest BCUT2D eigenvalue weighted by atomic mass is 19.4. The number of alkyl halides is 3. The van der Waals surface area contributed by atoms with Gasteiger partial charge in [-0.2, -0.15) is 13.2 Å². The molecule has 1 aliphatic rings. The van der Waals surface area contributed by atoms with E-state index in [2.05, 4.69) is 10.8 Å². The predicted octanol–water partition coefficient (Wildman–Crippen LogP) is 5.13. The third kappa shape index (κ3) is 4.55. The third-order valence-corrected chi connectivity index (χ3v) is 5.86. The highest BCUT2D eigenvalue weighted by Crippen LogP contribution is 2.48. The highest BCUT2D eigenvalue weighted by molar-refractivity contribution is 6.06. The smallest absolute Gasteiger partial charge is 0.366 e. The average molecular weight is 499 g/mol. The molecule has 0 spiro atoms. The van der Waals surface area contributed by atoms with E-state index in [0.29, 0.717) is 22.4 Å². The number of hydrogen-bond acceptors (Lipinski definition) is 4. The molecule has 36 heavy (non-hydrogen) atoms. The van der Waals surface area contributed by atoms with Gasteiger partial charge in [0.15, 0.2) is 0 Å². The molecule has 0 radical (unpaired) electrons. The molecule has 4 rings (SSSR count). The largest absolute Gasteiger partial charge is 0.428 e.